The lowest BCUT2D eigenvalue weighted by atomic mass is 10.1. The smallest absolute Gasteiger partial charge is 0.261 e. The van der Waals surface area contributed by atoms with Gasteiger partial charge in [-0.3, -0.25) is 19.5 Å². The molecule has 0 saturated heterocycles. The Kier molecular flexibility index (Phi) is 4.06. The highest BCUT2D eigenvalue weighted by atomic mass is 32.1. The van der Waals surface area contributed by atoms with E-state index in [2.05, 4.69) is 15.3 Å². The largest absolute Gasteiger partial charge is 0.379 e. The zero-order valence-electron chi connectivity index (χ0n) is 13.6. The molecule has 2 aromatic heterocycles. The number of nitrogens with zero attached hydrogens (tertiary/aromatic N) is 3. The summed E-state index contributed by atoms with van der Waals surface area (Å²) in [6.07, 6.45) is 2.29. The number of anilines is 1. The van der Waals surface area contributed by atoms with E-state index in [0.29, 0.717) is 53.6 Å². The maximum absolute atomic E-state index is 12.7. The number of benzene rings is 1. The molecule has 1 aromatic carbocycles. The maximum atomic E-state index is 12.7. The molecule has 1 aliphatic rings. The van der Waals surface area contributed by atoms with Gasteiger partial charge < -0.3 is 4.74 Å². The fraction of sp³-hybridized carbons (Fsp3) is 0.294. The topological polar surface area (TPSA) is 86.1 Å². The van der Waals surface area contributed by atoms with Crippen molar-refractivity contribution in [2.45, 2.75) is 19.9 Å². The molecule has 0 radical (unpaired) electrons. The fourth-order valence-corrected chi connectivity index (χ4v) is 3.49. The van der Waals surface area contributed by atoms with Crippen LogP contribution in [0.1, 0.15) is 21.1 Å². The Morgan fingerprint density at radius 2 is 2.24 bits per heavy atom. The van der Waals surface area contributed by atoms with Crippen molar-refractivity contribution in [3.8, 4) is 0 Å². The van der Waals surface area contributed by atoms with Crippen LogP contribution in [0.15, 0.2) is 29.2 Å². The van der Waals surface area contributed by atoms with Gasteiger partial charge in [0.2, 0.25) is 0 Å². The van der Waals surface area contributed by atoms with Crippen molar-refractivity contribution < 1.29 is 9.53 Å². The molecule has 25 heavy (non-hydrogen) atoms. The van der Waals surface area contributed by atoms with Crippen molar-refractivity contribution in [1.82, 2.24) is 14.5 Å². The summed E-state index contributed by atoms with van der Waals surface area (Å²) in [7, 11) is 0. The molecule has 0 unspecified atom stereocenters. The van der Waals surface area contributed by atoms with Crippen LogP contribution in [0.3, 0.4) is 0 Å². The summed E-state index contributed by atoms with van der Waals surface area (Å²) < 4.78 is 7.08. The highest BCUT2D eigenvalue weighted by Gasteiger charge is 2.16. The van der Waals surface area contributed by atoms with Gasteiger partial charge in [-0.05, 0) is 25.1 Å². The maximum Gasteiger partial charge on any atom is 0.261 e. The number of carbonyl (C=O) groups is 1. The van der Waals surface area contributed by atoms with Gasteiger partial charge in [0, 0.05) is 23.1 Å². The Morgan fingerprint density at radius 3 is 3.04 bits per heavy atom. The summed E-state index contributed by atoms with van der Waals surface area (Å²) in [6.45, 7) is 3.48. The van der Waals surface area contributed by atoms with Crippen LogP contribution in [0, 0.1) is 6.92 Å². The van der Waals surface area contributed by atoms with E-state index in [-0.39, 0.29) is 11.5 Å². The SMILES string of the molecule is Cc1cnc(NC(=O)c2ccc3c(=O)n4c(nc3c2)CCOCC4)s1. The first-order chi connectivity index (χ1) is 12.1. The average Bonchev–Trinajstić information content (AvgIpc) is 2.86. The number of fused-ring (bicyclic) bond motifs is 2. The lowest BCUT2D eigenvalue weighted by Gasteiger charge is -2.10. The van der Waals surface area contributed by atoms with Crippen LogP contribution in [-0.2, 0) is 17.7 Å². The van der Waals surface area contributed by atoms with Gasteiger partial charge in [-0.2, -0.15) is 0 Å². The van der Waals surface area contributed by atoms with E-state index >= 15 is 0 Å². The number of ether oxygens (including phenoxy) is 1. The first-order valence-electron chi connectivity index (χ1n) is 7.97. The van der Waals surface area contributed by atoms with E-state index in [9.17, 15) is 9.59 Å². The van der Waals surface area contributed by atoms with E-state index in [1.165, 1.54) is 11.3 Å². The molecule has 128 valence electrons. The van der Waals surface area contributed by atoms with Crippen LogP contribution in [0.25, 0.3) is 10.9 Å². The van der Waals surface area contributed by atoms with E-state index < -0.39 is 0 Å². The summed E-state index contributed by atoms with van der Waals surface area (Å²) in [5.41, 5.74) is 0.885. The predicted molar refractivity (Wildman–Crippen MR) is 95.3 cm³/mol. The quantitative estimate of drug-likeness (QED) is 0.759. The highest BCUT2D eigenvalue weighted by molar-refractivity contribution is 7.15. The van der Waals surface area contributed by atoms with Crippen molar-refractivity contribution in [3.05, 3.63) is 51.0 Å². The Bertz CT molecular complexity index is 1020. The molecule has 3 aromatic rings. The summed E-state index contributed by atoms with van der Waals surface area (Å²) >= 11 is 1.41. The lowest BCUT2D eigenvalue weighted by molar-refractivity contribution is 0.102. The van der Waals surface area contributed by atoms with Crippen molar-refractivity contribution in [2.75, 3.05) is 18.5 Å². The van der Waals surface area contributed by atoms with Gasteiger partial charge in [-0.25, -0.2) is 9.97 Å². The summed E-state index contributed by atoms with van der Waals surface area (Å²) in [5, 5.41) is 3.83. The molecule has 7 nitrogen and oxygen atoms in total. The second-order valence-corrected chi connectivity index (χ2v) is 7.04. The second kappa shape index (κ2) is 6.38. The molecular formula is C17H16N4O3S. The van der Waals surface area contributed by atoms with E-state index in [1.54, 1.807) is 29.0 Å². The van der Waals surface area contributed by atoms with Gasteiger partial charge in [0.05, 0.1) is 30.7 Å². The Labute approximate surface area is 147 Å². The van der Waals surface area contributed by atoms with E-state index in [4.69, 9.17) is 4.74 Å². The van der Waals surface area contributed by atoms with Crippen molar-refractivity contribution in [2.24, 2.45) is 0 Å². The molecule has 1 amide bonds. The van der Waals surface area contributed by atoms with Gasteiger partial charge in [0.15, 0.2) is 5.13 Å². The Hall–Kier alpha value is -2.58. The van der Waals surface area contributed by atoms with Crippen molar-refractivity contribution in [1.29, 1.82) is 0 Å². The van der Waals surface area contributed by atoms with Crippen molar-refractivity contribution >= 4 is 33.3 Å². The minimum Gasteiger partial charge on any atom is -0.379 e. The van der Waals surface area contributed by atoms with Crippen LogP contribution in [-0.4, -0.2) is 33.7 Å². The highest BCUT2D eigenvalue weighted by Crippen LogP contribution is 2.19. The summed E-state index contributed by atoms with van der Waals surface area (Å²) in [5.74, 6) is 0.430. The number of carbonyl (C=O) groups excluding carboxylic acids is 1. The van der Waals surface area contributed by atoms with Gasteiger partial charge in [-0.1, -0.05) is 0 Å². The Balaban J connectivity index is 1.72. The number of aryl methyl sites for hydroxylation is 1. The molecule has 0 spiro atoms. The number of amides is 1. The predicted octanol–water partition coefficient (Wildman–Crippen LogP) is 1.99. The van der Waals surface area contributed by atoms with Gasteiger partial charge >= 0.3 is 0 Å². The van der Waals surface area contributed by atoms with Crippen LogP contribution >= 0.6 is 11.3 Å². The monoisotopic (exact) mass is 356 g/mol. The van der Waals surface area contributed by atoms with Crippen molar-refractivity contribution in [3.63, 3.8) is 0 Å². The first kappa shape index (κ1) is 15.9. The number of nitrogens with one attached hydrogen (secondary N) is 1. The normalized spacial score (nSPS) is 14.1. The second-order valence-electron chi connectivity index (χ2n) is 5.81. The zero-order chi connectivity index (χ0) is 17.4. The molecule has 0 atom stereocenters. The standard InChI is InChI=1S/C17H16N4O3S/c1-10-9-18-17(25-10)20-15(22)11-2-3-12-13(8-11)19-14-4-6-24-7-5-21(14)16(12)23/h2-3,8-9H,4-7H2,1H3,(H,18,20,22). The number of hydrogen-bond donors (Lipinski definition) is 1. The Morgan fingerprint density at radius 1 is 1.36 bits per heavy atom. The van der Waals surface area contributed by atoms with Crippen LogP contribution in [0.2, 0.25) is 0 Å². The molecule has 1 N–H and O–H groups in total. The molecule has 0 aliphatic carbocycles. The average molecular weight is 356 g/mol. The molecular weight excluding hydrogens is 340 g/mol. The van der Waals surface area contributed by atoms with E-state index in [0.717, 1.165) is 4.88 Å². The van der Waals surface area contributed by atoms with E-state index in [1.807, 2.05) is 6.92 Å². The molecule has 4 rings (SSSR count). The minimum absolute atomic E-state index is 0.0898. The molecule has 0 bridgehead atoms. The minimum atomic E-state index is -0.267. The third-order valence-corrected chi connectivity index (χ3v) is 4.90. The number of hydrogen-bond acceptors (Lipinski definition) is 6. The number of thiazole rings is 1. The fourth-order valence-electron chi connectivity index (χ4n) is 2.83. The lowest BCUT2D eigenvalue weighted by Crippen LogP contribution is -2.25. The third kappa shape index (κ3) is 3.06. The summed E-state index contributed by atoms with van der Waals surface area (Å²) in [6, 6.07) is 4.95. The first-order valence-corrected chi connectivity index (χ1v) is 8.78. The van der Waals surface area contributed by atoms with Crippen LogP contribution < -0.4 is 10.9 Å². The van der Waals surface area contributed by atoms with Gasteiger partial charge in [-0.15, -0.1) is 11.3 Å². The summed E-state index contributed by atoms with van der Waals surface area (Å²) in [4.78, 5) is 34.8. The molecule has 3 heterocycles. The molecule has 8 heteroatoms. The number of rotatable bonds is 2. The van der Waals surface area contributed by atoms with Gasteiger partial charge in [0.25, 0.3) is 11.5 Å². The van der Waals surface area contributed by atoms with Crippen LogP contribution in [0.4, 0.5) is 5.13 Å². The third-order valence-electron chi connectivity index (χ3n) is 4.07. The van der Waals surface area contributed by atoms with Gasteiger partial charge in [0.1, 0.15) is 5.82 Å². The zero-order valence-corrected chi connectivity index (χ0v) is 14.4. The molecule has 0 saturated carbocycles. The molecule has 0 fully saturated rings. The van der Waals surface area contributed by atoms with Crippen LogP contribution in [0.5, 0.6) is 0 Å². The molecule has 1 aliphatic heterocycles. The number of aromatic nitrogens is 3.